The molecular weight excluding hydrogens is 333 g/mol. The van der Waals surface area contributed by atoms with Crippen LogP contribution in [-0.4, -0.2) is 21.1 Å². The van der Waals surface area contributed by atoms with Crippen molar-refractivity contribution in [2.75, 3.05) is 6.61 Å². The molecular formula is C20H18FN3O2. The third-order valence-corrected chi connectivity index (χ3v) is 4.41. The Morgan fingerprint density at radius 3 is 2.77 bits per heavy atom. The van der Waals surface area contributed by atoms with Crippen LogP contribution in [0.1, 0.15) is 12.5 Å². The molecule has 0 bridgehead atoms. The van der Waals surface area contributed by atoms with Gasteiger partial charge in [-0.2, -0.15) is 0 Å². The van der Waals surface area contributed by atoms with Gasteiger partial charge in [0.2, 0.25) is 0 Å². The summed E-state index contributed by atoms with van der Waals surface area (Å²) in [6, 6.07) is 12.0. The highest BCUT2D eigenvalue weighted by molar-refractivity contribution is 6.04. The summed E-state index contributed by atoms with van der Waals surface area (Å²) in [5.74, 6) is 0.488. The molecule has 0 fully saturated rings. The first kappa shape index (κ1) is 16.3. The molecule has 0 aliphatic heterocycles. The Balaban J connectivity index is 1.69. The summed E-state index contributed by atoms with van der Waals surface area (Å²) in [5.41, 5.74) is 2.83. The minimum absolute atomic E-state index is 0.119. The van der Waals surface area contributed by atoms with Gasteiger partial charge in [-0.15, -0.1) is 0 Å². The number of hydrogen-bond acceptors (Lipinski definition) is 3. The molecule has 4 rings (SSSR count). The van der Waals surface area contributed by atoms with Gasteiger partial charge in [-0.3, -0.25) is 9.36 Å². The third-order valence-electron chi connectivity index (χ3n) is 4.41. The van der Waals surface area contributed by atoms with Gasteiger partial charge in [-0.1, -0.05) is 12.1 Å². The molecule has 0 aliphatic rings. The van der Waals surface area contributed by atoms with Crippen LogP contribution in [0.5, 0.6) is 5.75 Å². The number of ether oxygens (including phenoxy) is 1. The van der Waals surface area contributed by atoms with E-state index in [2.05, 4.69) is 9.97 Å². The predicted octanol–water partition coefficient (Wildman–Crippen LogP) is 3.66. The normalized spacial score (nSPS) is 11.3. The van der Waals surface area contributed by atoms with Crippen molar-refractivity contribution in [2.45, 2.75) is 19.9 Å². The number of H-pyrrole nitrogens is 1. The zero-order valence-corrected chi connectivity index (χ0v) is 14.3. The highest BCUT2D eigenvalue weighted by Crippen LogP contribution is 2.25. The largest absolute Gasteiger partial charge is 0.494 e. The SMILES string of the molecule is CCOc1ccc2[nH]c3c(=O)n(CCc4ccc(F)cc4)cnc3c2c1. The minimum Gasteiger partial charge on any atom is -0.494 e. The second-order valence-corrected chi connectivity index (χ2v) is 6.11. The lowest BCUT2D eigenvalue weighted by molar-refractivity contribution is 0.341. The summed E-state index contributed by atoms with van der Waals surface area (Å²) < 4.78 is 20.1. The van der Waals surface area contributed by atoms with E-state index < -0.39 is 0 Å². The van der Waals surface area contributed by atoms with Crippen molar-refractivity contribution in [3.63, 3.8) is 0 Å². The second-order valence-electron chi connectivity index (χ2n) is 6.11. The maximum Gasteiger partial charge on any atom is 0.277 e. The molecule has 6 heteroatoms. The van der Waals surface area contributed by atoms with E-state index in [0.29, 0.717) is 30.6 Å². The van der Waals surface area contributed by atoms with Crippen molar-refractivity contribution in [3.8, 4) is 5.75 Å². The Morgan fingerprint density at radius 1 is 1.19 bits per heavy atom. The highest BCUT2D eigenvalue weighted by atomic mass is 19.1. The summed E-state index contributed by atoms with van der Waals surface area (Å²) in [4.78, 5) is 20.4. The molecule has 0 unspecified atom stereocenters. The minimum atomic E-state index is -0.265. The van der Waals surface area contributed by atoms with Crippen molar-refractivity contribution in [1.29, 1.82) is 0 Å². The Bertz CT molecular complexity index is 1130. The summed E-state index contributed by atoms with van der Waals surface area (Å²) in [7, 11) is 0. The van der Waals surface area contributed by atoms with Crippen LogP contribution in [0.3, 0.4) is 0 Å². The van der Waals surface area contributed by atoms with Gasteiger partial charge in [-0.05, 0) is 49.2 Å². The van der Waals surface area contributed by atoms with Crippen molar-refractivity contribution in [3.05, 3.63) is 70.5 Å². The van der Waals surface area contributed by atoms with Crippen LogP contribution in [0, 0.1) is 5.82 Å². The summed E-state index contributed by atoms with van der Waals surface area (Å²) in [5, 5.41) is 0.869. The molecule has 0 saturated carbocycles. The van der Waals surface area contributed by atoms with Crippen LogP contribution < -0.4 is 10.3 Å². The average molecular weight is 351 g/mol. The monoisotopic (exact) mass is 351 g/mol. The quantitative estimate of drug-likeness (QED) is 0.597. The van der Waals surface area contributed by atoms with Gasteiger partial charge < -0.3 is 9.72 Å². The van der Waals surface area contributed by atoms with Gasteiger partial charge in [0, 0.05) is 17.4 Å². The van der Waals surface area contributed by atoms with Gasteiger partial charge in [-0.25, -0.2) is 9.37 Å². The number of nitrogens with zero attached hydrogens (tertiary/aromatic N) is 2. The van der Waals surface area contributed by atoms with E-state index in [1.807, 2.05) is 25.1 Å². The van der Waals surface area contributed by atoms with Gasteiger partial charge in [0.1, 0.15) is 22.6 Å². The average Bonchev–Trinajstić information content (AvgIpc) is 3.02. The van der Waals surface area contributed by atoms with E-state index in [0.717, 1.165) is 22.2 Å². The molecule has 0 aliphatic carbocycles. The number of nitrogens with one attached hydrogen (secondary N) is 1. The van der Waals surface area contributed by atoms with Crippen molar-refractivity contribution < 1.29 is 9.13 Å². The molecule has 0 spiro atoms. The smallest absolute Gasteiger partial charge is 0.277 e. The fraction of sp³-hybridized carbons (Fsp3) is 0.200. The number of aromatic amines is 1. The molecule has 2 heterocycles. The number of halogens is 1. The second kappa shape index (κ2) is 6.63. The van der Waals surface area contributed by atoms with Crippen molar-refractivity contribution in [1.82, 2.24) is 14.5 Å². The lowest BCUT2D eigenvalue weighted by Crippen LogP contribution is -2.21. The van der Waals surface area contributed by atoms with Crippen LogP contribution in [0.25, 0.3) is 21.9 Å². The zero-order chi connectivity index (χ0) is 18.1. The van der Waals surface area contributed by atoms with Crippen LogP contribution in [0.15, 0.2) is 53.6 Å². The van der Waals surface area contributed by atoms with E-state index in [9.17, 15) is 9.18 Å². The molecule has 0 amide bonds. The van der Waals surface area contributed by atoms with Crippen LogP contribution in [0.4, 0.5) is 4.39 Å². The number of rotatable bonds is 5. The number of aromatic nitrogens is 3. The Hall–Kier alpha value is -3.15. The van der Waals surface area contributed by atoms with Crippen molar-refractivity contribution >= 4 is 21.9 Å². The van der Waals surface area contributed by atoms with Crippen molar-refractivity contribution in [2.24, 2.45) is 0 Å². The lowest BCUT2D eigenvalue weighted by atomic mass is 10.1. The fourth-order valence-corrected chi connectivity index (χ4v) is 3.09. The number of aryl methyl sites for hydroxylation is 2. The van der Waals surface area contributed by atoms with E-state index in [1.54, 1.807) is 23.0 Å². The highest BCUT2D eigenvalue weighted by Gasteiger charge is 2.12. The fourth-order valence-electron chi connectivity index (χ4n) is 3.09. The molecule has 26 heavy (non-hydrogen) atoms. The van der Waals surface area contributed by atoms with Gasteiger partial charge in [0.15, 0.2) is 0 Å². The standard InChI is InChI=1S/C20H18FN3O2/c1-2-26-15-7-8-17-16(11-15)18-19(23-17)20(25)24(12-22-18)10-9-13-3-5-14(21)6-4-13/h3-8,11-12,23H,2,9-10H2,1H3. The molecule has 5 nitrogen and oxygen atoms in total. The van der Waals surface area contributed by atoms with Crippen LogP contribution >= 0.6 is 0 Å². The molecule has 132 valence electrons. The maximum atomic E-state index is 13.0. The maximum absolute atomic E-state index is 13.0. The Morgan fingerprint density at radius 2 is 2.00 bits per heavy atom. The van der Waals surface area contributed by atoms with Crippen LogP contribution in [0.2, 0.25) is 0 Å². The molecule has 0 radical (unpaired) electrons. The molecule has 2 aromatic heterocycles. The Labute approximate surface area is 149 Å². The van der Waals surface area contributed by atoms with E-state index in [4.69, 9.17) is 4.74 Å². The van der Waals surface area contributed by atoms with E-state index in [1.165, 1.54) is 12.1 Å². The summed E-state index contributed by atoms with van der Waals surface area (Å²) in [6.45, 7) is 2.99. The molecule has 4 aromatic rings. The summed E-state index contributed by atoms with van der Waals surface area (Å²) >= 11 is 0. The van der Waals surface area contributed by atoms with Gasteiger partial charge in [0.05, 0.1) is 12.9 Å². The zero-order valence-electron chi connectivity index (χ0n) is 14.3. The van der Waals surface area contributed by atoms with Crippen LogP contribution in [-0.2, 0) is 13.0 Å². The first-order valence-electron chi connectivity index (χ1n) is 8.54. The first-order chi connectivity index (χ1) is 12.7. The Kier molecular flexibility index (Phi) is 4.16. The molecule has 2 aromatic carbocycles. The molecule has 0 saturated heterocycles. The third kappa shape index (κ3) is 2.94. The number of hydrogen-bond donors (Lipinski definition) is 1. The predicted molar refractivity (Wildman–Crippen MR) is 99.1 cm³/mol. The topological polar surface area (TPSA) is 59.9 Å². The first-order valence-corrected chi connectivity index (χ1v) is 8.54. The number of fused-ring (bicyclic) bond motifs is 3. The number of benzene rings is 2. The molecule has 0 atom stereocenters. The van der Waals surface area contributed by atoms with E-state index in [-0.39, 0.29) is 11.4 Å². The lowest BCUT2D eigenvalue weighted by Gasteiger charge is -2.05. The van der Waals surface area contributed by atoms with Gasteiger partial charge >= 0.3 is 0 Å². The molecule has 1 N–H and O–H groups in total. The van der Waals surface area contributed by atoms with Gasteiger partial charge in [0.25, 0.3) is 5.56 Å². The summed E-state index contributed by atoms with van der Waals surface area (Å²) in [6.07, 6.45) is 2.19. The van der Waals surface area contributed by atoms with E-state index >= 15 is 0 Å².